The van der Waals surface area contributed by atoms with Crippen molar-refractivity contribution in [3.8, 4) is 0 Å². The average Bonchev–Trinajstić information content (AvgIpc) is 3.29. The van der Waals surface area contributed by atoms with Crippen LogP contribution >= 0.6 is 0 Å². The average molecular weight is 335 g/mol. The Hall–Kier alpha value is -2.64. The number of rotatable bonds is 3. The molecule has 0 unspecified atom stereocenters. The number of nitrogens with one attached hydrogen (secondary N) is 3. The van der Waals surface area contributed by atoms with Crippen LogP contribution in [-0.4, -0.2) is 39.3 Å². The maximum Gasteiger partial charge on any atom is 0.141 e. The molecule has 0 spiro atoms. The molecule has 3 aliphatic rings. The van der Waals surface area contributed by atoms with Gasteiger partial charge >= 0.3 is 0 Å². The number of hydrazine groups is 2. The van der Waals surface area contributed by atoms with E-state index in [2.05, 4.69) is 43.0 Å². The summed E-state index contributed by atoms with van der Waals surface area (Å²) in [7, 11) is 0. The quantitative estimate of drug-likeness (QED) is 0.800. The Bertz CT molecular complexity index is 815. The third-order valence-electron chi connectivity index (χ3n) is 5.21. The van der Waals surface area contributed by atoms with Crippen LogP contribution in [0.5, 0.6) is 0 Å². The van der Waals surface area contributed by atoms with Crippen molar-refractivity contribution in [2.45, 2.75) is 19.4 Å². The highest BCUT2D eigenvalue weighted by Crippen LogP contribution is 2.38. The Labute approximate surface area is 146 Å². The molecule has 0 radical (unpaired) electrons. The van der Waals surface area contributed by atoms with Crippen molar-refractivity contribution in [3.05, 3.63) is 53.6 Å². The van der Waals surface area contributed by atoms with Gasteiger partial charge < -0.3 is 10.4 Å². The van der Waals surface area contributed by atoms with E-state index in [1.165, 1.54) is 17.0 Å². The molecule has 0 amide bonds. The lowest BCUT2D eigenvalue weighted by atomic mass is 9.91. The zero-order valence-electron chi connectivity index (χ0n) is 13.9. The molecule has 25 heavy (non-hydrogen) atoms. The lowest BCUT2D eigenvalue weighted by Gasteiger charge is -2.32. The Morgan fingerprint density at radius 2 is 2.12 bits per heavy atom. The number of hydrogen-bond acceptors (Lipinski definition) is 6. The molecule has 2 aromatic heterocycles. The number of H-pyrrole nitrogens is 1. The van der Waals surface area contributed by atoms with E-state index in [0.717, 1.165) is 43.9 Å². The minimum absolute atomic E-state index is 0.534. The van der Waals surface area contributed by atoms with Crippen molar-refractivity contribution in [1.82, 2.24) is 30.8 Å². The molecule has 0 atom stereocenters. The summed E-state index contributed by atoms with van der Waals surface area (Å²) in [4.78, 5) is 14.4. The van der Waals surface area contributed by atoms with Crippen LogP contribution in [0.2, 0.25) is 0 Å². The van der Waals surface area contributed by atoms with Gasteiger partial charge in [-0.25, -0.2) is 10.0 Å². The largest absolute Gasteiger partial charge is 0.346 e. The maximum atomic E-state index is 4.43. The molecule has 7 nitrogen and oxygen atoms in total. The van der Waals surface area contributed by atoms with Crippen molar-refractivity contribution >= 4 is 17.9 Å². The molecule has 0 aromatic carbocycles. The van der Waals surface area contributed by atoms with Gasteiger partial charge in [0.25, 0.3) is 0 Å². The molecule has 1 saturated heterocycles. The Morgan fingerprint density at radius 3 is 2.96 bits per heavy atom. The van der Waals surface area contributed by atoms with Gasteiger partial charge in [-0.1, -0.05) is 6.07 Å². The topological polar surface area (TPSA) is 71.6 Å². The monoisotopic (exact) mass is 335 g/mol. The van der Waals surface area contributed by atoms with Gasteiger partial charge in [-0.3, -0.25) is 9.88 Å². The first-order chi connectivity index (χ1) is 12.4. The fourth-order valence-corrected chi connectivity index (χ4v) is 3.93. The van der Waals surface area contributed by atoms with Gasteiger partial charge in [-0.05, 0) is 43.6 Å². The van der Waals surface area contributed by atoms with Gasteiger partial charge in [0.05, 0.1) is 11.4 Å². The summed E-state index contributed by atoms with van der Waals surface area (Å²) in [5.41, 5.74) is 11.5. The van der Waals surface area contributed by atoms with Crippen molar-refractivity contribution in [2.75, 3.05) is 13.1 Å². The first-order valence-corrected chi connectivity index (χ1v) is 8.77. The number of fused-ring (bicyclic) bond motifs is 3. The van der Waals surface area contributed by atoms with Crippen molar-refractivity contribution in [3.63, 3.8) is 0 Å². The Morgan fingerprint density at radius 1 is 1.20 bits per heavy atom. The molecule has 5 heterocycles. The number of aromatic nitrogens is 2. The standard InChI is InChI=1S/C18H21N7/c1-2-13(10-19-6-1)11-24-8-4-14(5-9-24)16-17-15-3-7-20-18(15)21-12-25(17)23-22-16/h1-3,6-7,10,12,14,20,22-23H,4-5,8-9,11H2. The molecule has 3 N–H and O–H groups in total. The fraction of sp³-hybridized carbons (Fsp3) is 0.333. The van der Waals surface area contributed by atoms with Gasteiger partial charge in [0.2, 0.25) is 0 Å². The lowest BCUT2D eigenvalue weighted by molar-refractivity contribution is 0.188. The molecular formula is C18H21N7. The second-order valence-electron chi connectivity index (χ2n) is 6.77. The second-order valence-corrected chi connectivity index (χ2v) is 6.77. The highest BCUT2D eigenvalue weighted by atomic mass is 15.7. The van der Waals surface area contributed by atoms with Crippen LogP contribution in [0, 0.1) is 5.92 Å². The highest BCUT2D eigenvalue weighted by Gasteiger charge is 2.33. The molecule has 7 heteroatoms. The summed E-state index contributed by atoms with van der Waals surface area (Å²) in [6.45, 7) is 3.19. The number of piperidine rings is 1. The van der Waals surface area contributed by atoms with E-state index in [1.807, 2.05) is 36.0 Å². The first-order valence-electron chi connectivity index (χ1n) is 8.77. The molecular weight excluding hydrogens is 314 g/mol. The van der Waals surface area contributed by atoms with Crippen LogP contribution in [0.4, 0.5) is 5.82 Å². The molecule has 128 valence electrons. The summed E-state index contributed by atoms with van der Waals surface area (Å²) >= 11 is 0. The van der Waals surface area contributed by atoms with E-state index < -0.39 is 0 Å². The van der Waals surface area contributed by atoms with E-state index in [4.69, 9.17) is 0 Å². The van der Waals surface area contributed by atoms with Gasteiger partial charge in [0.1, 0.15) is 12.2 Å². The van der Waals surface area contributed by atoms with E-state index in [1.54, 1.807) is 0 Å². The van der Waals surface area contributed by atoms with Crippen LogP contribution < -0.4 is 11.0 Å². The van der Waals surface area contributed by atoms with Crippen LogP contribution in [0.25, 0.3) is 5.70 Å². The summed E-state index contributed by atoms with van der Waals surface area (Å²) in [5, 5.41) is 1.98. The number of aromatic amines is 1. The smallest absolute Gasteiger partial charge is 0.141 e. The van der Waals surface area contributed by atoms with Crippen molar-refractivity contribution < 1.29 is 0 Å². The molecule has 5 rings (SSSR count). The van der Waals surface area contributed by atoms with Crippen LogP contribution in [-0.2, 0) is 6.54 Å². The number of hydrogen-bond donors (Lipinski definition) is 3. The maximum absolute atomic E-state index is 4.43. The predicted molar refractivity (Wildman–Crippen MR) is 96.2 cm³/mol. The van der Waals surface area contributed by atoms with Gasteiger partial charge in [0.15, 0.2) is 0 Å². The lowest BCUT2D eigenvalue weighted by Crippen LogP contribution is -2.39. The normalized spacial score (nSPS) is 20.6. The number of allylic oxidation sites excluding steroid dienone is 1. The number of aliphatic imine (C=N–C) groups is 1. The predicted octanol–water partition coefficient (Wildman–Crippen LogP) is 1.99. The van der Waals surface area contributed by atoms with Crippen molar-refractivity contribution in [2.24, 2.45) is 10.9 Å². The van der Waals surface area contributed by atoms with Gasteiger partial charge in [0, 0.05) is 36.6 Å². The zero-order valence-corrected chi connectivity index (χ0v) is 13.9. The van der Waals surface area contributed by atoms with E-state index in [9.17, 15) is 0 Å². The Kier molecular flexibility index (Phi) is 3.53. The highest BCUT2D eigenvalue weighted by molar-refractivity contribution is 5.87. The minimum atomic E-state index is 0.534. The molecule has 0 aliphatic carbocycles. The summed E-state index contributed by atoms with van der Waals surface area (Å²) in [6.07, 6.45) is 9.87. The number of likely N-dealkylation sites (tertiary alicyclic amines) is 1. The molecule has 3 aliphatic heterocycles. The SMILES string of the molecule is C1=Nc2[nH]ccc2C2=C(C3CCN(Cc4cccnc4)CC3)NNN12. The first kappa shape index (κ1) is 14.7. The van der Waals surface area contributed by atoms with E-state index in [0.29, 0.717) is 5.92 Å². The molecule has 0 bridgehead atoms. The summed E-state index contributed by atoms with van der Waals surface area (Å²) in [6, 6.07) is 6.26. The van der Waals surface area contributed by atoms with E-state index in [-0.39, 0.29) is 0 Å². The minimum Gasteiger partial charge on any atom is -0.346 e. The van der Waals surface area contributed by atoms with Gasteiger partial charge in [-0.15, -0.1) is 5.53 Å². The van der Waals surface area contributed by atoms with E-state index >= 15 is 0 Å². The number of pyridine rings is 1. The summed E-state index contributed by atoms with van der Waals surface area (Å²) in [5.74, 6) is 1.47. The Balaban J connectivity index is 1.31. The fourth-order valence-electron chi connectivity index (χ4n) is 3.93. The molecule has 0 saturated carbocycles. The van der Waals surface area contributed by atoms with Crippen molar-refractivity contribution in [1.29, 1.82) is 0 Å². The van der Waals surface area contributed by atoms with Crippen LogP contribution in [0.15, 0.2) is 47.5 Å². The van der Waals surface area contributed by atoms with Crippen LogP contribution in [0.3, 0.4) is 0 Å². The molecule has 2 aromatic rings. The third-order valence-corrected chi connectivity index (χ3v) is 5.21. The third kappa shape index (κ3) is 2.61. The molecule has 1 fully saturated rings. The second kappa shape index (κ2) is 6.02. The summed E-state index contributed by atoms with van der Waals surface area (Å²) < 4.78 is 0. The zero-order chi connectivity index (χ0) is 16.6. The number of nitrogens with zero attached hydrogens (tertiary/aromatic N) is 4. The van der Waals surface area contributed by atoms with Gasteiger partial charge in [-0.2, -0.15) is 0 Å². The van der Waals surface area contributed by atoms with Crippen LogP contribution in [0.1, 0.15) is 24.0 Å².